The standard InChI is InChI=1S/C17H18ClNO/c1-11-5-6-13(15(18)9-11)10-16(20)14-4-2-3-12-7-8-19-17(12)14/h2-6,9,16,19-20H,7-8,10H2,1H3. The number of halogens is 1. The highest BCUT2D eigenvalue weighted by atomic mass is 35.5. The molecule has 2 N–H and O–H groups in total. The summed E-state index contributed by atoms with van der Waals surface area (Å²) < 4.78 is 0. The number of anilines is 1. The maximum atomic E-state index is 10.5. The van der Waals surface area contributed by atoms with Crippen molar-refractivity contribution >= 4 is 17.3 Å². The van der Waals surface area contributed by atoms with E-state index in [1.54, 1.807) is 0 Å². The van der Waals surface area contributed by atoms with Gasteiger partial charge in [0.15, 0.2) is 0 Å². The van der Waals surface area contributed by atoms with E-state index in [0.717, 1.165) is 40.4 Å². The minimum Gasteiger partial charge on any atom is -0.388 e. The number of aliphatic hydroxyl groups excluding tert-OH is 1. The molecule has 0 aromatic heterocycles. The van der Waals surface area contributed by atoms with E-state index in [1.807, 2.05) is 37.3 Å². The summed E-state index contributed by atoms with van der Waals surface area (Å²) in [5, 5.41) is 14.6. The van der Waals surface area contributed by atoms with Crippen molar-refractivity contribution in [2.24, 2.45) is 0 Å². The van der Waals surface area contributed by atoms with Crippen molar-refractivity contribution < 1.29 is 5.11 Å². The number of aryl methyl sites for hydroxylation is 1. The van der Waals surface area contributed by atoms with E-state index in [-0.39, 0.29) is 0 Å². The molecule has 0 saturated heterocycles. The Labute approximate surface area is 124 Å². The molecule has 2 aromatic rings. The number of fused-ring (bicyclic) bond motifs is 1. The van der Waals surface area contributed by atoms with Crippen molar-refractivity contribution in [1.29, 1.82) is 0 Å². The third kappa shape index (κ3) is 2.54. The molecule has 0 radical (unpaired) electrons. The van der Waals surface area contributed by atoms with E-state index in [1.165, 1.54) is 5.56 Å². The summed E-state index contributed by atoms with van der Waals surface area (Å²) in [6, 6.07) is 12.1. The molecule has 20 heavy (non-hydrogen) atoms. The average Bonchev–Trinajstić information content (AvgIpc) is 2.90. The molecule has 2 aromatic carbocycles. The van der Waals surface area contributed by atoms with Crippen molar-refractivity contribution in [2.45, 2.75) is 25.9 Å². The lowest BCUT2D eigenvalue weighted by Gasteiger charge is -2.16. The van der Waals surface area contributed by atoms with Crippen LogP contribution in [0, 0.1) is 6.92 Å². The van der Waals surface area contributed by atoms with Gasteiger partial charge in [0.2, 0.25) is 0 Å². The summed E-state index contributed by atoms with van der Waals surface area (Å²) >= 11 is 6.25. The molecule has 3 rings (SSSR count). The predicted octanol–water partition coefficient (Wildman–Crippen LogP) is 3.89. The lowest BCUT2D eigenvalue weighted by molar-refractivity contribution is 0.179. The van der Waals surface area contributed by atoms with Gasteiger partial charge in [0, 0.05) is 29.2 Å². The molecule has 3 heteroatoms. The van der Waals surface area contributed by atoms with Gasteiger partial charge in [0.1, 0.15) is 0 Å². The minimum absolute atomic E-state index is 0.532. The predicted molar refractivity (Wildman–Crippen MR) is 83.5 cm³/mol. The van der Waals surface area contributed by atoms with Crippen molar-refractivity contribution in [3.05, 3.63) is 63.7 Å². The van der Waals surface area contributed by atoms with Crippen LogP contribution in [0.25, 0.3) is 0 Å². The van der Waals surface area contributed by atoms with Crippen molar-refractivity contribution in [1.82, 2.24) is 0 Å². The van der Waals surface area contributed by atoms with E-state index in [2.05, 4.69) is 11.4 Å². The molecule has 0 bridgehead atoms. The highest BCUT2D eigenvalue weighted by molar-refractivity contribution is 6.31. The number of aliphatic hydroxyl groups is 1. The summed E-state index contributed by atoms with van der Waals surface area (Å²) in [5.74, 6) is 0. The molecule has 0 amide bonds. The molecule has 1 heterocycles. The first-order valence-corrected chi connectivity index (χ1v) is 7.31. The van der Waals surface area contributed by atoms with Crippen molar-refractivity contribution in [3.63, 3.8) is 0 Å². The Bertz CT molecular complexity index is 639. The van der Waals surface area contributed by atoms with Crippen LogP contribution in [0.3, 0.4) is 0 Å². The minimum atomic E-state index is -0.532. The van der Waals surface area contributed by atoms with Gasteiger partial charge in [-0.3, -0.25) is 0 Å². The van der Waals surface area contributed by atoms with Gasteiger partial charge in [-0.1, -0.05) is 41.9 Å². The SMILES string of the molecule is Cc1ccc(CC(O)c2cccc3c2NCC3)c(Cl)c1. The topological polar surface area (TPSA) is 32.3 Å². The Kier molecular flexibility index (Phi) is 3.68. The van der Waals surface area contributed by atoms with E-state index >= 15 is 0 Å². The molecule has 1 aliphatic heterocycles. The molecule has 2 nitrogen and oxygen atoms in total. The second kappa shape index (κ2) is 5.47. The van der Waals surface area contributed by atoms with Crippen LogP contribution in [0.5, 0.6) is 0 Å². The highest BCUT2D eigenvalue weighted by Crippen LogP contribution is 2.33. The van der Waals surface area contributed by atoms with E-state index in [9.17, 15) is 5.11 Å². The van der Waals surface area contributed by atoms with Gasteiger partial charge in [-0.15, -0.1) is 0 Å². The van der Waals surface area contributed by atoms with E-state index in [4.69, 9.17) is 11.6 Å². The number of para-hydroxylation sites is 1. The van der Waals surface area contributed by atoms with Gasteiger partial charge in [-0.05, 0) is 36.1 Å². The molecule has 1 unspecified atom stereocenters. The first-order valence-electron chi connectivity index (χ1n) is 6.94. The van der Waals surface area contributed by atoms with Crippen LogP contribution in [0.15, 0.2) is 36.4 Å². The second-order valence-electron chi connectivity index (χ2n) is 5.37. The molecule has 0 saturated carbocycles. The Morgan fingerprint density at radius 2 is 2.15 bits per heavy atom. The van der Waals surface area contributed by atoms with E-state index < -0.39 is 6.10 Å². The number of hydrogen-bond donors (Lipinski definition) is 2. The Hall–Kier alpha value is -1.51. The van der Waals surface area contributed by atoms with Gasteiger partial charge in [-0.2, -0.15) is 0 Å². The van der Waals surface area contributed by atoms with Gasteiger partial charge in [-0.25, -0.2) is 0 Å². The number of nitrogens with one attached hydrogen (secondary N) is 1. The molecule has 0 fully saturated rings. The molecular formula is C17H18ClNO. The monoisotopic (exact) mass is 287 g/mol. The van der Waals surface area contributed by atoms with Crippen LogP contribution in [-0.4, -0.2) is 11.7 Å². The quantitative estimate of drug-likeness (QED) is 0.897. The largest absolute Gasteiger partial charge is 0.388 e. The second-order valence-corrected chi connectivity index (χ2v) is 5.78. The van der Waals surface area contributed by atoms with Gasteiger partial charge in [0.25, 0.3) is 0 Å². The first kappa shape index (κ1) is 13.5. The van der Waals surface area contributed by atoms with Crippen LogP contribution in [0.1, 0.15) is 28.4 Å². The summed E-state index contributed by atoms with van der Waals surface area (Å²) in [7, 11) is 0. The fourth-order valence-corrected chi connectivity index (χ4v) is 3.09. The number of hydrogen-bond acceptors (Lipinski definition) is 2. The Balaban J connectivity index is 1.86. The third-order valence-electron chi connectivity index (χ3n) is 3.86. The zero-order valence-corrected chi connectivity index (χ0v) is 12.2. The zero-order chi connectivity index (χ0) is 14.1. The van der Waals surface area contributed by atoms with Gasteiger partial charge < -0.3 is 10.4 Å². The number of benzene rings is 2. The normalized spacial score (nSPS) is 14.8. The molecule has 0 aliphatic carbocycles. The van der Waals surface area contributed by atoms with Crippen LogP contribution in [0.2, 0.25) is 5.02 Å². The summed E-state index contributed by atoms with van der Waals surface area (Å²) in [5.41, 5.74) is 5.48. The van der Waals surface area contributed by atoms with E-state index in [0.29, 0.717) is 6.42 Å². The van der Waals surface area contributed by atoms with Crippen molar-refractivity contribution in [3.8, 4) is 0 Å². The molecule has 1 aliphatic rings. The van der Waals surface area contributed by atoms with Crippen molar-refractivity contribution in [2.75, 3.05) is 11.9 Å². The first-order chi connectivity index (χ1) is 9.65. The molecular weight excluding hydrogens is 270 g/mol. The maximum absolute atomic E-state index is 10.5. The molecule has 104 valence electrons. The smallest absolute Gasteiger partial charge is 0.0850 e. The fraction of sp³-hybridized carbons (Fsp3) is 0.294. The number of rotatable bonds is 3. The lowest BCUT2D eigenvalue weighted by atomic mass is 9.97. The molecule has 0 spiro atoms. The summed E-state index contributed by atoms with van der Waals surface area (Å²) in [6.45, 7) is 2.96. The van der Waals surface area contributed by atoms with Crippen LogP contribution >= 0.6 is 11.6 Å². The average molecular weight is 288 g/mol. The highest BCUT2D eigenvalue weighted by Gasteiger charge is 2.19. The van der Waals surface area contributed by atoms with Crippen LogP contribution in [0.4, 0.5) is 5.69 Å². The Morgan fingerprint density at radius 1 is 1.30 bits per heavy atom. The third-order valence-corrected chi connectivity index (χ3v) is 4.21. The molecule has 1 atom stereocenters. The van der Waals surface area contributed by atoms with Gasteiger partial charge in [0.05, 0.1) is 6.10 Å². The zero-order valence-electron chi connectivity index (χ0n) is 11.5. The fourth-order valence-electron chi connectivity index (χ4n) is 2.78. The van der Waals surface area contributed by atoms with Crippen LogP contribution in [-0.2, 0) is 12.8 Å². The lowest BCUT2D eigenvalue weighted by Crippen LogP contribution is -2.06. The summed E-state index contributed by atoms with van der Waals surface area (Å²) in [6.07, 6.45) is 1.04. The maximum Gasteiger partial charge on any atom is 0.0850 e. The van der Waals surface area contributed by atoms with Gasteiger partial charge >= 0.3 is 0 Å². The Morgan fingerprint density at radius 3 is 2.95 bits per heavy atom. The van der Waals surface area contributed by atoms with Crippen LogP contribution < -0.4 is 5.32 Å². The summed E-state index contributed by atoms with van der Waals surface area (Å²) in [4.78, 5) is 0.